The average molecular weight is 395 g/mol. The van der Waals surface area contributed by atoms with Crippen LogP contribution in [-0.2, 0) is 11.2 Å². The molecule has 0 aliphatic carbocycles. The molecule has 1 aromatic carbocycles. The highest BCUT2D eigenvalue weighted by atomic mass is 32.1. The van der Waals surface area contributed by atoms with Crippen molar-refractivity contribution in [1.82, 2.24) is 15.3 Å². The van der Waals surface area contributed by atoms with Gasteiger partial charge < -0.3 is 14.8 Å². The number of carbonyl (C=O) groups excluding carboxylic acids is 1. The van der Waals surface area contributed by atoms with Gasteiger partial charge in [-0.05, 0) is 30.3 Å². The first-order chi connectivity index (χ1) is 13.7. The summed E-state index contributed by atoms with van der Waals surface area (Å²) >= 11 is 1.57. The second kappa shape index (κ2) is 9.66. The van der Waals surface area contributed by atoms with E-state index in [0.717, 1.165) is 22.0 Å². The van der Waals surface area contributed by atoms with E-state index in [1.165, 1.54) is 6.08 Å². The Kier molecular flexibility index (Phi) is 6.75. The number of nitrogens with one attached hydrogen (secondary N) is 1. The number of thiazole rings is 1. The smallest absolute Gasteiger partial charge is 0.244 e. The molecule has 0 bridgehead atoms. The van der Waals surface area contributed by atoms with Crippen LogP contribution in [0.25, 0.3) is 17.5 Å². The minimum absolute atomic E-state index is 0.167. The zero-order valence-electron chi connectivity index (χ0n) is 15.7. The number of ether oxygens (including phenoxy) is 2. The maximum Gasteiger partial charge on any atom is 0.244 e. The van der Waals surface area contributed by atoms with E-state index >= 15 is 0 Å². The van der Waals surface area contributed by atoms with Crippen LogP contribution in [0.3, 0.4) is 0 Å². The van der Waals surface area contributed by atoms with Crippen molar-refractivity contribution in [1.29, 1.82) is 0 Å². The van der Waals surface area contributed by atoms with Gasteiger partial charge in [0.1, 0.15) is 11.5 Å². The number of hydrogen-bond donors (Lipinski definition) is 1. The van der Waals surface area contributed by atoms with Crippen molar-refractivity contribution >= 4 is 23.3 Å². The predicted molar refractivity (Wildman–Crippen MR) is 111 cm³/mol. The third kappa shape index (κ3) is 5.17. The molecule has 0 aliphatic heterocycles. The van der Waals surface area contributed by atoms with Crippen molar-refractivity contribution in [3.05, 3.63) is 64.6 Å². The molecule has 0 atom stereocenters. The fourth-order valence-electron chi connectivity index (χ4n) is 2.53. The Hall–Kier alpha value is -3.19. The molecule has 1 amide bonds. The summed E-state index contributed by atoms with van der Waals surface area (Å²) < 4.78 is 10.5. The Labute approximate surface area is 167 Å². The third-order valence-corrected chi connectivity index (χ3v) is 4.88. The van der Waals surface area contributed by atoms with Gasteiger partial charge in [0.05, 0.1) is 30.6 Å². The van der Waals surface area contributed by atoms with Gasteiger partial charge in [0.15, 0.2) is 0 Å². The van der Waals surface area contributed by atoms with Crippen LogP contribution in [0.1, 0.15) is 10.6 Å². The number of nitrogens with zero attached hydrogens (tertiary/aromatic N) is 2. The van der Waals surface area contributed by atoms with Crippen molar-refractivity contribution < 1.29 is 14.3 Å². The molecular weight excluding hydrogens is 374 g/mol. The Morgan fingerprint density at radius 3 is 2.82 bits per heavy atom. The zero-order chi connectivity index (χ0) is 19.8. The normalized spacial score (nSPS) is 10.8. The molecule has 0 radical (unpaired) electrons. The van der Waals surface area contributed by atoms with Gasteiger partial charge in [-0.1, -0.05) is 6.07 Å². The molecule has 0 fully saturated rings. The van der Waals surface area contributed by atoms with E-state index in [1.54, 1.807) is 43.9 Å². The highest BCUT2D eigenvalue weighted by Crippen LogP contribution is 2.25. The highest BCUT2D eigenvalue weighted by Gasteiger charge is 2.06. The summed E-state index contributed by atoms with van der Waals surface area (Å²) in [4.78, 5) is 20.9. The summed E-state index contributed by atoms with van der Waals surface area (Å²) in [7, 11) is 3.18. The first-order valence-corrected chi connectivity index (χ1v) is 9.61. The zero-order valence-corrected chi connectivity index (χ0v) is 16.5. The molecule has 1 N–H and O–H groups in total. The Morgan fingerprint density at radius 1 is 1.18 bits per heavy atom. The second-order valence-electron chi connectivity index (χ2n) is 5.82. The summed E-state index contributed by atoms with van der Waals surface area (Å²) in [5.74, 6) is 1.18. The molecule has 0 unspecified atom stereocenters. The maximum absolute atomic E-state index is 12.1. The van der Waals surface area contributed by atoms with Crippen molar-refractivity contribution in [2.45, 2.75) is 6.42 Å². The lowest BCUT2D eigenvalue weighted by Gasteiger charge is -2.07. The van der Waals surface area contributed by atoms with Gasteiger partial charge in [-0.15, -0.1) is 11.3 Å². The number of pyridine rings is 1. The van der Waals surface area contributed by atoms with E-state index < -0.39 is 0 Å². The second-order valence-corrected chi connectivity index (χ2v) is 6.77. The summed E-state index contributed by atoms with van der Waals surface area (Å²) in [5.41, 5.74) is 2.52. The Balaban J connectivity index is 1.51. The number of carbonyl (C=O) groups is 1. The lowest BCUT2D eigenvalue weighted by Crippen LogP contribution is -2.23. The number of methoxy groups -OCH3 is 2. The lowest BCUT2D eigenvalue weighted by molar-refractivity contribution is -0.116. The fraction of sp³-hybridized carbons (Fsp3) is 0.190. The summed E-state index contributed by atoms with van der Waals surface area (Å²) in [5, 5.41) is 5.81. The molecule has 6 nitrogen and oxygen atoms in total. The summed E-state index contributed by atoms with van der Waals surface area (Å²) in [6, 6.07) is 11.2. The largest absolute Gasteiger partial charge is 0.497 e. The summed E-state index contributed by atoms with van der Waals surface area (Å²) in [6.07, 6.45) is 5.63. The van der Waals surface area contributed by atoms with Crippen LogP contribution < -0.4 is 14.8 Å². The Morgan fingerprint density at radius 2 is 2.07 bits per heavy atom. The molecular formula is C21H21N3O3S. The van der Waals surface area contributed by atoms with Crippen LogP contribution in [0, 0.1) is 0 Å². The fourth-order valence-corrected chi connectivity index (χ4v) is 3.32. The van der Waals surface area contributed by atoms with Crippen molar-refractivity contribution in [3.63, 3.8) is 0 Å². The van der Waals surface area contributed by atoms with Gasteiger partial charge >= 0.3 is 0 Å². The van der Waals surface area contributed by atoms with Crippen LogP contribution in [-0.4, -0.2) is 36.6 Å². The van der Waals surface area contributed by atoms with Gasteiger partial charge in [-0.2, -0.15) is 0 Å². The van der Waals surface area contributed by atoms with Gasteiger partial charge in [0, 0.05) is 42.2 Å². The Bertz CT molecular complexity index is 955. The van der Waals surface area contributed by atoms with Crippen LogP contribution in [0.2, 0.25) is 0 Å². The van der Waals surface area contributed by atoms with Crippen LogP contribution in [0.5, 0.6) is 11.5 Å². The summed E-state index contributed by atoms with van der Waals surface area (Å²) in [6.45, 7) is 0.512. The predicted octanol–water partition coefficient (Wildman–Crippen LogP) is 3.59. The number of hydrogen-bond acceptors (Lipinski definition) is 6. The molecule has 2 heterocycles. The highest BCUT2D eigenvalue weighted by molar-refractivity contribution is 7.09. The average Bonchev–Trinajstić information content (AvgIpc) is 3.21. The molecule has 3 rings (SSSR count). The van der Waals surface area contributed by atoms with Gasteiger partial charge in [-0.25, -0.2) is 4.98 Å². The number of aromatic nitrogens is 2. The molecule has 144 valence electrons. The van der Waals surface area contributed by atoms with Crippen LogP contribution in [0.15, 0.2) is 54.1 Å². The van der Waals surface area contributed by atoms with E-state index in [-0.39, 0.29) is 5.91 Å². The molecule has 0 spiro atoms. The molecule has 3 aromatic rings. The number of amides is 1. The molecule has 0 saturated heterocycles. The van der Waals surface area contributed by atoms with Gasteiger partial charge in [0.2, 0.25) is 5.91 Å². The maximum atomic E-state index is 12.1. The minimum atomic E-state index is -0.167. The monoisotopic (exact) mass is 395 g/mol. The molecule has 0 aliphatic rings. The minimum Gasteiger partial charge on any atom is -0.497 e. The molecule has 7 heteroatoms. The first kappa shape index (κ1) is 19.6. The molecule has 28 heavy (non-hydrogen) atoms. The quantitative estimate of drug-likeness (QED) is 0.590. The van der Waals surface area contributed by atoms with Crippen molar-refractivity contribution in [3.8, 4) is 22.9 Å². The molecule has 0 saturated carbocycles. The molecule has 2 aromatic heterocycles. The van der Waals surface area contributed by atoms with Crippen LogP contribution in [0.4, 0.5) is 0 Å². The van der Waals surface area contributed by atoms with Crippen molar-refractivity contribution in [2.75, 3.05) is 20.8 Å². The lowest BCUT2D eigenvalue weighted by atomic mass is 10.1. The topological polar surface area (TPSA) is 73.3 Å². The van der Waals surface area contributed by atoms with E-state index in [1.807, 2.05) is 35.7 Å². The number of benzene rings is 1. The van der Waals surface area contributed by atoms with Crippen molar-refractivity contribution in [2.24, 2.45) is 0 Å². The van der Waals surface area contributed by atoms with E-state index in [2.05, 4.69) is 15.3 Å². The van der Waals surface area contributed by atoms with E-state index in [0.29, 0.717) is 24.5 Å². The van der Waals surface area contributed by atoms with E-state index in [9.17, 15) is 4.79 Å². The first-order valence-electron chi connectivity index (χ1n) is 8.73. The SMILES string of the molecule is COc1ccc(C=CC(=O)NCCc2nc(-c3ccccn3)cs2)c(OC)c1. The van der Waals surface area contributed by atoms with Gasteiger partial charge in [0.25, 0.3) is 0 Å². The number of rotatable bonds is 8. The van der Waals surface area contributed by atoms with Crippen LogP contribution >= 0.6 is 11.3 Å². The third-order valence-electron chi connectivity index (χ3n) is 3.97. The van der Waals surface area contributed by atoms with Gasteiger partial charge in [-0.3, -0.25) is 9.78 Å². The standard InChI is InChI=1S/C21H21N3O3S/c1-26-16-8-6-15(19(13-16)27-2)7-9-20(25)23-12-10-21-24-18(14-28-21)17-5-3-4-11-22-17/h3-9,11,13-14H,10,12H2,1-2H3,(H,23,25). The van der Waals surface area contributed by atoms with E-state index in [4.69, 9.17) is 9.47 Å².